The van der Waals surface area contributed by atoms with Gasteiger partial charge in [0.1, 0.15) is 0 Å². The van der Waals surface area contributed by atoms with Gasteiger partial charge in [-0.05, 0) is 20.3 Å². The highest BCUT2D eigenvalue weighted by atomic mass is 16.5. The Morgan fingerprint density at radius 2 is 2.12 bits per heavy atom. The van der Waals surface area contributed by atoms with E-state index in [1.165, 1.54) is 0 Å². The average molecular weight is 228 g/mol. The summed E-state index contributed by atoms with van der Waals surface area (Å²) >= 11 is 0. The maximum atomic E-state index is 11.3. The molecular formula is C12H24N2O2. The molecule has 0 spiro atoms. The number of rotatable bonds is 6. The van der Waals surface area contributed by atoms with Crippen LogP contribution < -0.4 is 10.6 Å². The molecule has 4 heteroatoms. The van der Waals surface area contributed by atoms with E-state index in [9.17, 15) is 4.79 Å². The number of hydrogen-bond donors (Lipinski definition) is 2. The van der Waals surface area contributed by atoms with Crippen molar-refractivity contribution < 1.29 is 9.53 Å². The maximum absolute atomic E-state index is 11.3. The van der Waals surface area contributed by atoms with E-state index in [1.807, 2.05) is 13.8 Å². The Hall–Kier alpha value is -0.610. The average Bonchev–Trinajstić information content (AvgIpc) is 2.22. The molecule has 2 unspecified atom stereocenters. The second kappa shape index (κ2) is 5.64. The zero-order valence-electron chi connectivity index (χ0n) is 10.8. The van der Waals surface area contributed by atoms with E-state index in [2.05, 4.69) is 24.5 Å². The number of nitrogens with one attached hydrogen (secondary N) is 2. The summed E-state index contributed by atoms with van der Waals surface area (Å²) in [4.78, 5) is 11.3. The Balaban J connectivity index is 2.28. The molecule has 1 saturated carbocycles. The number of carbonyl (C=O) groups excluding carboxylic acids is 1. The molecule has 0 saturated heterocycles. The summed E-state index contributed by atoms with van der Waals surface area (Å²) in [5.74, 6) is 0.0677. The van der Waals surface area contributed by atoms with Gasteiger partial charge in [0.05, 0.1) is 12.6 Å². The molecule has 1 amide bonds. The molecule has 4 nitrogen and oxygen atoms in total. The van der Waals surface area contributed by atoms with Gasteiger partial charge in [-0.1, -0.05) is 13.8 Å². The predicted molar refractivity (Wildman–Crippen MR) is 64.3 cm³/mol. The number of hydrogen-bond acceptors (Lipinski definition) is 3. The molecular weight excluding hydrogens is 204 g/mol. The van der Waals surface area contributed by atoms with Crippen molar-refractivity contribution in [2.24, 2.45) is 5.41 Å². The van der Waals surface area contributed by atoms with Crippen LogP contribution in [0.4, 0.5) is 0 Å². The number of amides is 1. The van der Waals surface area contributed by atoms with Crippen LogP contribution >= 0.6 is 0 Å². The van der Waals surface area contributed by atoms with Crippen molar-refractivity contribution in [1.29, 1.82) is 0 Å². The summed E-state index contributed by atoms with van der Waals surface area (Å²) in [6, 6.07) is 0.381. The molecule has 0 aliphatic heterocycles. The van der Waals surface area contributed by atoms with Gasteiger partial charge in [-0.2, -0.15) is 0 Å². The van der Waals surface area contributed by atoms with E-state index < -0.39 is 0 Å². The van der Waals surface area contributed by atoms with Crippen LogP contribution in [-0.2, 0) is 9.53 Å². The van der Waals surface area contributed by atoms with E-state index in [-0.39, 0.29) is 11.3 Å². The fraction of sp³-hybridized carbons (Fsp3) is 0.917. The first kappa shape index (κ1) is 13.5. The SMILES string of the molecule is CCNC(=O)CNC1CC(OCC)C1(C)C. The first-order valence-corrected chi connectivity index (χ1v) is 6.14. The van der Waals surface area contributed by atoms with E-state index >= 15 is 0 Å². The van der Waals surface area contributed by atoms with Crippen molar-refractivity contribution in [1.82, 2.24) is 10.6 Å². The van der Waals surface area contributed by atoms with Crippen molar-refractivity contribution in [2.45, 2.75) is 46.3 Å². The molecule has 0 aromatic rings. The Morgan fingerprint density at radius 3 is 2.62 bits per heavy atom. The van der Waals surface area contributed by atoms with Crippen LogP contribution in [0, 0.1) is 5.41 Å². The van der Waals surface area contributed by atoms with Crippen LogP contribution in [0.2, 0.25) is 0 Å². The molecule has 1 rings (SSSR count). The van der Waals surface area contributed by atoms with Gasteiger partial charge in [-0.15, -0.1) is 0 Å². The molecule has 1 aliphatic carbocycles. The summed E-state index contributed by atoms with van der Waals surface area (Å²) in [5, 5.41) is 6.07. The van der Waals surface area contributed by atoms with Crippen LogP contribution in [0.25, 0.3) is 0 Å². The zero-order valence-corrected chi connectivity index (χ0v) is 10.8. The lowest BCUT2D eigenvalue weighted by Gasteiger charge is -2.51. The van der Waals surface area contributed by atoms with Gasteiger partial charge in [-0.25, -0.2) is 0 Å². The minimum atomic E-state index is 0.0677. The third kappa shape index (κ3) is 2.95. The van der Waals surface area contributed by atoms with Gasteiger partial charge in [0.25, 0.3) is 0 Å². The third-order valence-electron chi connectivity index (χ3n) is 3.43. The predicted octanol–water partition coefficient (Wildman–Crippen LogP) is 0.916. The quantitative estimate of drug-likeness (QED) is 0.710. The van der Waals surface area contributed by atoms with E-state index in [0.29, 0.717) is 25.2 Å². The summed E-state index contributed by atoms with van der Waals surface area (Å²) in [5.41, 5.74) is 0.127. The van der Waals surface area contributed by atoms with Gasteiger partial charge in [-0.3, -0.25) is 4.79 Å². The van der Waals surface area contributed by atoms with Crippen molar-refractivity contribution in [3.63, 3.8) is 0 Å². The summed E-state index contributed by atoms with van der Waals surface area (Å²) in [6.07, 6.45) is 1.32. The second-order valence-corrected chi connectivity index (χ2v) is 4.89. The van der Waals surface area contributed by atoms with Crippen LogP contribution in [0.5, 0.6) is 0 Å². The molecule has 0 radical (unpaired) electrons. The molecule has 0 bridgehead atoms. The Labute approximate surface area is 98.1 Å². The van der Waals surface area contributed by atoms with Crippen molar-refractivity contribution >= 4 is 5.91 Å². The first-order chi connectivity index (χ1) is 7.52. The van der Waals surface area contributed by atoms with Gasteiger partial charge in [0.15, 0.2) is 0 Å². The molecule has 0 aromatic heterocycles. The highest BCUT2D eigenvalue weighted by Gasteiger charge is 2.48. The Kier molecular flexibility index (Phi) is 4.74. The molecule has 1 aliphatic rings. The number of ether oxygens (including phenoxy) is 1. The first-order valence-electron chi connectivity index (χ1n) is 6.14. The van der Waals surface area contributed by atoms with E-state index in [1.54, 1.807) is 0 Å². The fourth-order valence-corrected chi connectivity index (χ4v) is 2.19. The van der Waals surface area contributed by atoms with E-state index in [4.69, 9.17) is 4.74 Å². The van der Waals surface area contributed by atoms with E-state index in [0.717, 1.165) is 13.0 Å². The molecule has 2 N–H and O–H groups in total. The smallest absolute Gasteiger partial charge is 0.233 e. The summed E-state index contributed by atoms with van der Waals surface area (Å²) < 4.78 is 5.64. The van der Waals surface area contributed by atoms with Crippen molar-refractivity contribution in [3.8, 4) is 0 Å². The molecule has 0 aromatic carbocycles. The van der Waals surface area contributed by atoms with Gasteiger partial charge < -0.3 is 15.4 Å². The highest BCUT2D eigenvalue weighted by Crippen LogP contribution is 2.42. The zero-order chi connectivity index (χ0) is 12.2. The van der Waals surface area contributed by atoms with Crippen LogP contribution in [0.15, 0.2) is 0 Å². The monoisotopic (exact) mass is 228 g/mol. The van der Waals surface area contributed by atoms with Gasteiger partial charge in [0, 0.05) is 24.6 Å². The summed E-state index contributed by atoms with van der Waals surface area (Å²) in [6.45, 7) is 10.2. The molecule has 94 valence electrons. The molecule has 2 atom stereocenters. The molecule has 0 heterocycles. The van der Waals surface area contributed by atoms with Crippen molar-refractivity contribution in [3.05, 3.63) is 0 Å². The lowest BCUT2D eigenvalue weighted by Crippen LogP contribution is -2.62. The Morgan fingerprint density at radius 1 is 1.44 bits per heavy atom. The number of likely N-dealkylation sites (N-methyl/N-ethyl adjacent to an activating group) is 1. The normalized spacial score (nSPS) is 27.2. The van der Waals surface area contributed by atoms with Crippen LogP contribution in [0.3, 0.4) is 0 Å². The van der Waals surface area contributed by atoms with Crippen LogP contribution in [0.1, 0.15) is 34.1 Å². The van der Waals surface area contributed by atoms with Gasteiger partial charge in [0.2, 0.25) is 5.91 Å². The van der Waals surface area contributed by atoms with Gasteiger partial charge >= 0.3 is 0 Å². The van der Waals surface area contributed by atoms with Crippen molar-refractivity contribution in [2.75, 3.05) is 19.7 Å². The lowest BCUT2D eigenvalue weighted by molar-refractivity contribution is -0.126. The standard InChI is InChI=1S/C12H24N2O2/c1-5-13-11(15)8-14-9-7-10(16-6-2)12(9,3)4/h9-10,14H,5-8H2,1-4H3,(H,13,15). The minimum Gasteiger partial charge on any atom is -0.378 e. The largest absolute Gasteiger partial charge is 0.378 e. The topological polar surface area (TPSA) is 50.4 Å². The van der Waals surface area contributed by atoms with Crippen LogP contribution in [-0.4, -0.2) is 37.7 Å². The fourth-order valence-electron chi connectivity index (χ4n) is 2.19. The minimum absolute atomic E-state index is 0.0677. The highest BCUT2D eigenvalue weighted by molar-refractivity contribution is 5.77. The molecule has 1 fully saturated rings. The molecule has 16 heavy (non-hydrogen) atoms. The second-order valence-electron chi connectivity index (χ2n) is 4.89. The Bertz CT molecular complexity index is 241. The summed E-state index contributed by atoms with van der Waals surface area (Å²) in [7, 11) is 0. The number of carbonyl (C=O) groups is 1. The lowest BCUT2D eigenvalue weighted by atomic mass is 9.64. The maximum Gasteiger partial charge on any atom is 0.233 e. The third-order valence-corrected chi connectivity index (χ3v) is 3.43.